The van der Waals surface area contributed by atoms with Gasteiger partial charge in [-0.05, 0) is 50.4 Å². The quantitative estimate of drug-likeness (QED) is 0.904. The van der Waals surface area contributed by atoms with Gasteiger partial charge in [0.2, 0.25) is 0 Å². The zero-order valence-electron chi connectivity index (χ0n) is 11.8. The highest BCUT2D eigenvalue weighted by Gasteiger charge is 2.19. The molecule has 3 heteroatoms. The Hall–Kier alpha value is -1.06. The average molecular weight is 260 g/mol. The van der Waals surface area contributed by atoms with E-state index in [1.807, 2.05) is 0 Å². The fourth-order valence-corrected chi connectivity index (χ4v) is 3.10. The first kappa shape index (κ1) is 12.9. The van der Waals surface area contributed by atoms with Crippen LogP contribution in [-0.4, -0.2) is 37.7 Å². The molecule has 1 aliphatic heterocycles. The van der Waals surface area contributed by atoms with Crippen molar-refractivity contribution in [3.8, 4) is 5.75 Å². The van der Waals surface area contributed by atoms with Gasteiger partial charge < -0.3 is 15.0 Å². The van der Waals surface area contributed by atoms with Crippen molar-refractivity contribution in [1.29, 1.82) is 0 Å². The van der Waals surface area contributed by atoms with Crippen molar-refractivity contribution in [3.05, 3.63) is 29.8 Å². The maximum Gasteiger partial charge on any atom is 0.119 e. The summed E-state index contributed by atoms with van der Waals surface area (Å²) in [6, 6.07) is 9.13. The van der Waals surface area contributed by atoms with Crippen LogP contribution in [0.25, 0.3) is 0 Å². The molecule has 104 valence electrons. The van der Waals surface area contributed by atoms with Gasteiger partial charge in [0, 0.05) is 25.7 Å². The van der Waals surface area contributed by atoms with E-state index in [0.29, 0.717) is 12.1 Å². The molecule has 1 saturated carbocycles. The topological polar surface area (TPSA) is 24.5 Å². The number of nitrogens with zero attached hydrogens (tertiary/aromatic N) is 1. The Labute approximate surface area is 115 Å². The van der Waals surface area contributed by atoms with Crippen LogP contribution in [0, 0.1) is 0 Å². The average Bonchev–Trinajstić information content (AvgIpc) is 2.92. The maximum absolute atomic E-state index is 6.01. The van der Waals surface area contributed by atoms with Crippen LogP contribution in [0.3, 0.4) is 0 Å². The van der Waals surface area contributed by atoms with Crippen LogP contribution in [0.5, 0.6) is 5.75 Å². The summed E-state index contributed by atoms with van der Waals surface area (Å²) in [5.41, 5.74) is 1.37. The predicted molar refractivity (Wildman–Crippen MR) is 77.6 cm³/mol. The van der Waals surface area contributed by atoms with Gasteiger partial charge in [-0.25, -0.2) is 0 Å². The molecule has 0 radical (unpaired) electrons. The van der Waals surface area contributed by atoms with Crippen LogP contribution in [0.4, 0.5) is 0 Å². The van der Waals surface area contributed by atoms with E-state index in [0.717, 1.165) is 25.4 Å². The van der Waals surface area contributed by atoms with Gasteiger partial charge in [0.25, 0.3) is 0 Å². The highest BCUT2D eigenvalue weighted by atomic mass is 16.5. The zero-order chi connectivity index (χ0) is 13.1. The van der Waals surface area contributed by atoms with Crippen molar-refractivity contribution < 1.29 is 4.74 Å². The lowest BCUT2D eigenvalue weighted by atomic mass is 10.0. The molecule has 2 fully saturated rings. The van der Waals surface area contributed by atoms with Gasteiger partial charge in [0.15, 0.2) is 0 Å². The Morgan fingerprint density at radius 3 is 2.58 bits per heavy atom. The predicted octanol–water partition coefficient (Wildman–Crippen LogP) is 2.58. The molecule has 1 saturated heterocycles. The molecule has 3 rings (SSSR count). The van der Waals surface area contributed by atoms with E-state index in [9.17, 15) is 0 Å². The fourth-order valence-electron chi connectivity index (χ4n) is 3.10. The van der Waals surface area contributed by atoms with Crippen molar-refractivity contribution in [3.63, 3.8) is 0 Å². The first-order chi connectivity index (χ1) is 9.31. The van der Waals surface area contributed by atoms with Crippen LogP contribution < -0.4 is 10.1 Å². The van der Waals surface area contributed by atoms with Gasteiger partial charge in [0.1, 0.15) is 5.75 Å². The normalized spacial score (nSPS) is 25.6. The summed E-state index contributed by atoms with van der Waals surface area (Å²) in [6.45, 7) is 3.30. The summed E-state index contributed by atoms with van der Waals surface area (Å²) >= 11 is 0. The van der Waals surface area contributed by atoms with Gasteiger partial charge in [-0.2, -0.15) is 0 Å². The second-order valence-corrected chi connectivity index (χ2v) is 5.86. The van der Waals surface area contributed by atoms with E-state index >= 15 is 0 Å². The Morgan fingerprint density at radius 1 is 1.16 bits per heavy atom. The molecule has 0 bridgehead atoms. The Kier molecular flexibility index (Phi) is 4.04. The molecular formula is C16H24N2O. The fraction of sp³-hybridized carbons (Fsp3) is 0.625. The molecule has 1 heterocycles. The van der Waals surface area contributed by atoms with Crippen molar-refractivity contribution in [2.45, 2.75) is 37.8 Å². The number of benzene rings is 1. The lowest BCUT2D eigenvalue weighted by molar-refractivity contribution is 0.209. The molecular weight excluding hydrogens is 236 g/mol. The molecule has 0 spiro atoms. The van der Waals surface area contributed by atoms with Crippen LogP contribution in [-0.2, 0) is 0 Å². The lowest BCUT2D eigenvalue weighted by Gasteiger charge is -2.31. The number of piperazine rings is 1. The summed E-state index contributed by atoms with van der Waals surface area (Å²) in [7, 11) is 2.19. The Balaban J connectivity index is 1.61. The van der Waals surface area contributed by atoms with Gasteiger partial charge in [-0.1, -0.05) is 12.1 Å². The molecule has 0 aromatic heterocycles. The van der Waals surface area contributed by atoms with E-state index in [4.69, 9.17) is 4.74 Å². The van der Waals surface area contributed by atoms with Crippen molar-refractivity contribution in [2.75, 3.05) is 26.7 Å². The summed E-state index contributed by atoms with van der Waals surface area (Å²) in [6.07, 6.45) is 5.53. The summed E-state index contributed by atoms with van der Waals surface area (Å²) < 4.78 is 6.01. The van der Waals surface area contributed by atoms with Crippen molar-refractivity contribution in [1.82, 2.24) is 10.2 Å². The van der Waals surface area contributed by atoms with Gasteiger partial charge in [-0.15, -0.1) is 0 Å². The number of nitrogens with one attached hydrogen (secondary N) is 1. The molecule has 2 aliphatic rings. The van der Waals surface area contributed by atoms with Crippen LogP contribution in [0.1, 0.15) is 37.3 Å². The molecule has 0 amide bonds. The third-order valence-corrected chi connectivity index (χ3v) is 4.27. The minimum Gasteiger partial charge on any atom is -0.490 e. The van der Waals surface area contributed by atoms with E-state index in [1.165, 1.54) is 31.2 Å². The number of hydrogen-bond acceptors (Lipinski definition) is 3. The first-order valence-corrected chi connectivity index (χ1v) is 7.50. The molecule has 1 unspecified atom stereocenters. The summed E-state index contributed by atoms with van der Waals surface area (Å²) in [5, 5.41) is 3.58. The third kappa shape index (κ3) is 3.28. The Morgan fingerprint density at radius 2 is 1.89 bits per heavy atom. The third-order valence-electron chi connectivity index (χ3n) is 4.27. The smallest absolute Gasteiger partial charge is 0.119 e. The minimum atomic E-state index is 0.449. The van der Waals surface area contributed by atoms with E-state index in [1.54, 1.807) is 0 Å². The SMILES string of the molecule is CN1CCNC(c2ccc(OC3CCCC3)cc2)C1. The van der Waals surface area contributed by atoms with E-state index < -0.39 is 0 Å². The molecule has 1 aromatic carbocycles. The number of ether oxygens (including phenoxy) is 1. The van der Waals surface area contributed by atoms with Gasteiger partial charge in [-0.3, -0.25) is 0 Å². The molecule has 19 heavy (non-hydrogen) atoms. The van der Waals surface area contributed by atoms with Crippen LogP contribution in [0.15, 0.2) is 24.3 Å². The molecule has 1 N–H and O–H groups in total. The van der Waals surface area contributed by atoms with Gasteiger partial charge >= 0.3 is 0 Å². The number of likely N-dealkylation sites (N-methyl/N-ethyl adjacent to an activating group) is 1. The summed E-state index contributed by atoms with van der Waals surface area (Å²) in [5.74, 6) is 1.03. The number of hydrogen-bond donors (Lipinski definition) is 1. The highest BCUT2D eigenvalue weighted by Crippen LogP contribution is 2.25. The Bertz CT molecular complexity index is 398. The largest absolute Gasteiger partial charge is 0.490 e. The van der Waals surface area contributed by atoms with Crippen LogP contribution in [0.2, 0.25) is 0 Å². The highest BCUT2D eigenvalue weighted by molar-refractivity contribution is 5.30. The molecule has 1 aliphatic carbocycles. The first-order valence-electron chi connectivity index (χ1n) is 7.50. The van der Waals surface area contributed by atoms with Gasteiger partial charge in [0.05, 0.1) is 6.10 Å². The monoisotopic (exact) mass is 260 g/mol. The minimum absolute atomic E-state index is 0.449. The zero-order valence-corrected chi connectivity index (χ0v) is 11.8. The van der Waals surface area contributed by atoms with E-state index in [2.05, 4.69) is 41.5 Å². The molecule has 1 atom stereocenters. The lowest BCUT2D eigenvalue weighted by Crippen LogP contribution is -2.43. The number of rotatable bonds is 3. The van der Waals surface area contributed by atoms with Crippen molar-refractivity contribution >= 4 is 0 Å². The van der Waals surface area contributed by atoms with Crippen LogP contribution >= 0.6 is 0 Å². The molecule has 3 nitrogen and oxygen atoms in total. The molecule has 1 aromatic rings. The standard InChI is InChI=1S/C16H24N2O/c1-18-11-10-17-16(12-18)13-6-8-15(9-7-13)19-14-4-2-3-5-14/h6-9,14,16-17H,2-5,10-12H2,1H3. The second-order valence-electron chi connectivity index (χ2n) is 5.86. The second kappa shape index (κ2) is 5.93. The summed E-state index contributed by atoms with van der Waals surface area (Å²) in [4.78, 5) is 2.38. The van der Waals surface area contributed by atoms with Crippen molar-refractivity contribution in [2.24, 2.45) is 0 Å². The van der Waals surface area contributed by atoms with E-state index in [-0.39, 0.29) is 0 Å². The maximum atomic E-state index is 6.01.